The highest BCUT2D eigenvalue weighted by atomic mass is 16.5. The number of aryl methyl sites for hydroxylation is 1. The molecule has 0 atom stereocenters. The SMILES string of the molecule is C=CC(=O)N1CCN(c2ncnc3c(Oc4c(C)ccc5[nH]ncc45)nc(CNC)cc23)CC1. The van der Waals surface area contributed by atoms with E-state index in [1.54, 1.807) is 11.1 Å². The molecule has 0 radical (unpaired) electrons. The number of pyridine rings is 1. The standard InChI is InChI=1S/C24H26N8O2/c1-4-20(33)31-7-9-32(10-8-31)23-17-11-16(12-25-3)29-24(21(17)26-14-27-23)34-22-15(2)5-6-19-18(22)13-28-30-19/h4-6,11,13-14,25H,1,7-10,12H2,2-3H3,(H,28,30). The molecule has 10 nitrogen and oxygen atoms in total. The van der Waals surface area contributed by atoms with Crippen LogP contribution in [-0.4, -0.2) is 69.2 Å². The monoisotopic (exact) mass is 458 g/mol. The lowest BCUT2D eigenvalue weighted by Crippen LogP contribution is -2.48. The van der Waals surface area contributed by atoms with Gasteiger partial charge in [-0.2, -0.15) is 5.10 Å². The van der Waals surface area contributed by atoms with Gasteiger partial charge in [0.25, 0.3) is 0 Å². The van der Waals surface area contributed by atoms with Crippen molar-refractivity contribution in [3.05, 3.63) is 54.6 Å². The molecule has 1 saturated heterocycles. The van der Waals surface area contributed by atoms with Gasteiger partial charge in [0.1, 0.15) is 23.4 Å². The number of nitrogens with one attached hydrogen (secondary N) is 2. The molecular weight excluding hydrogens is 432 g/mol. The lowest BCUT2D eigenvalue weighted by atomic mass is 10.1. The number of aromatic nitrogens is 5. The molecule has 10 heteroatoms. The lowest BCUT2D eigenvalue weighted by molar-refractivity contribution is -0.126. The molecule has 5 rings (SSSR count). The van der Waals surface area contributed by atoms with Crippen molar-refractivity contribution in [3.63, 3.8) is 0 Å². The highest BCUT2D eigenvalue weighted by Gasteiger charge is 2.24. The number of fused-ring (bicyclic) bond motifs is 2. The molecule has 1 fully saturated rings. The molecule has 1 aliphatic rings. The van der Waals surface area contributed by atoms with E-state index in [0.717, 1.165) is 33.4 Å². The molecule has 4 heterocycles. The third-order valence-corrected chi connectivity index (χ3v) is 6.02. The van der Waals surface area contributed by atoms with Crippen LogP contribution in [0.15, 0.2) is 43.4 Å². The van der Waals surface area contributed by atoms with Gasteiger partial charge in [-0.15, -0.1) is 0 Å². The third kappa shape index (κ3) is 3.92. The lowest BCUT2D eigenvalue weighted by Gasteiger charge is -2.35. The summed E-state index contributed by atoms with van der Waals surface area (Å²) in [6.07, 6.45) is 4.65. The number of hydrogen-bond acceptors (Lipinski definition) is 8. The van der Waals surface area contributed by atoms with Crippen LogP contribution in [0, 0.1) is 6.92 Å². The highest BCUT2D eigenvalue weighted by molar-refractivity contribution is 5.94. The Hall–Kier alpha value is -4.05. The van der Waals surface area contributed by atoms with Crippen molar-refractivity contribution >= 4 is 33.5 Å². The van der Waals surface area contributed by atoms with Gasteiger partial charge in [-0.25, -0.2) is 15.0 Å². The second-order valence-electron chi connectivity index (χ2n) is 8.20. The molecule has 2 N–H and O–H groups in total. The van der Waals surface area contributed by atoms with Crippen LogP contribution in [-0.2, 0) is 11.3 Å². The Kier molecular flexibility index (Phi) is 5.81. The Morgan fingerprint density at radius 3 is 2.82 bits per heavy atom. The molecule has 174 valence electrons. The minimum absolute atomic E-state index is 0.0489. The fraction of sp³-hybridized carbons (Fsp3) is 0.292. The first-order valence-corrected chi connectivity index (χ1v) is 11.1. The Balaban J connectivity index is 1.57. The molecule has 4 aromatic rings. The number of carbonyl (C=O) groups is 1. The summed E-state index contributed by atoms with van der Waals surface area (Å²) in [7, 11) is 1.88. The molecule has 0 saturated carbocycles. The van der Waals surface area contributed by atoms with E-state index < -0.39 is 0 Å². The van der Waals surface area contributed by atoms with Crippen LogP contribution in [0.2, 0.25) is 0 Å². The molecule has 0 aliphatic carbocycles. The van der Waals surface area contributed by atoms with Crippen LogP contribution in [0.1, 0.15) is 11.3 Å². The van der Waals surface area contributed by atoms with Gasteiger partial charge in [-0.05, 0) is 37.7 Å². The van der Waals surface area contributed by atoms with E-state index in [1.165, 1.54) is 12.4 Å². The van der Waals surface area contributed by atoms with Gasteiger partial charge in [0.15, 0.2) is 0 Å². The van der Waals surface area contributed by atoms with Gasteiger partial charge in [-0.1, -0.05) is 12.6 Å². The molecule has 0 spiro atoms. The first-order chi connectivity index (χ1) is 16.6. The van der Waals surface area contributed by atoms with Crippen molar-refractivity contribution in [2.45, 2.75) is 13.5 Å². The number of amides is 1. The van der Waals surface area contributed by atoms with E-state index in [2.05, 4.69) is 37.0 Å². The maximum atomic E-state index is 12.0. The van der Waals surface area contributed by atoms with Crippen LogP contribution >= 0.6 is 0 Å². The van der Waals surface area contributed by atoms with E-state index in [0.29, 0.717) is 49.9 Å². The minimum atomic E-state index is -0.0489. The number of rotatable bonds is 6. The first-order valence-electron chi connectivity index (χ1n) is 11.1. The third-order valence-electron chi connectivity index (χ3n) is 6.02. The summed E-state index contributed by atoms with van der Waals surface area (Å²) in [5.74, 6) is 1.87. The second-order valence-corrected chi connectivity index (χ2v) is 8.20. The van der Waals surface area contributed by atoms with Crippen LogP contribution < -0.4 is 15.0 Å². The van der Waals surface area contributed by atoms with Gasteiger partial charge in [0.2, 0.25) is 11.8 Å². The fourth-order valence-electron chi connectivity index (χ4n) is 4.27. The quantitative estimate of drug-likeness (QED) is 0.424. The molecule has 3 aromatic heterocycles. The summed E-state index contributed by atoms with van der Waals surface area (Å²) in [5.41, 5.74) is 3.31. The number of ether oxygens (including phenoxy) is 1. The van der Waals surface area contributed by atoms with Crippen molar-refractivity contribution < 1.29 is 9.53 Å². The van der Waals surface area contributed by atoms with Crippen LogP contribution in [0.3, 0.4) is 0 Å². The van der Waals surface area contributed by atoms with Crippen molar-refractivity contribution in [3.8, 4) is 11.6 Å². The fourth-order valence-corrected chi connectivity index (χ4v) is 4.27. The van der Waals surface area contributed by atoms with E-state index in [9.17, 15) is 4.79 Å². The van der Waals surface area contributed by atoms with E-state index in [1.807, 2.05) is 32.2 Å². The van der Waals surface area contributed by atoms with Gasteiger partial charge in [-0.3, -0.25) is 9.89 Å². The summed E-state index contributed by atoms with van der Waals surface area (Å²) in [4.78, 5) is 29.9. The largest absolute Gasteiger partial charge is 0.436 e. The molecule has 1 amide bonds. The number of aromatic amines is 1. The molecule has 0 bridgehead atoms. The number of piperazine rings is 1. The molecule has 0 unspecified atom stereocenters. The summed E-state index contributed by atoms with van der Waals surface area (Å²) < 4.78 is 6.41. The van der Waals surface area contributed by atoms with Crippen molar-refractivity contribution in [2.24, 2.45) is 0 Å². The van der Waals surface area contributed by atoms with Crippen molar-refractivity contribution in [1.82, 2.24) is 35.4 Å². The minimum Gasteiger partial charge on any atom is -0.436 e. The van der Waals surface area contributed by atoms with Gasteiger partial charge >= 0.3 is 0 Å². The maximum Gasteiger partial charge on any atom is 0.246 e. The first kappa shape index (κ1) is 21.8. The van der Waals surface area contributed by atoms with E-state index in [4.69, 9.17) is 9.72 Å². The highest BCUT2D eigenvalue weighted by Crippen LogP contribution is 2.36. The smallest absolute Gasteiger partial charge is 0.246 e. The van der Waals surface area contributed by atoms with Gasteiger partial charge < -0.3 is 19.9 Å². The zero-order valence-corrected chi connectivity index (χ0v) is 19.2. The molecule has 1 aromatic carbocycles. The Morgan fingerprint density at radius 2 is 2.06 bits per heavy atom. The number of carbonyl (C=O) groups excluding carboxylic acids is 1. The Bertz CT molecular complexity index is 1370. The average Bonchev–Trinajstić information content (AvgIpc) is 3.34. The van der Waals surface area contributed by atoms with E-state index >= 15 is 0 Å². The zero-order valence-electron chi connectivity index (χ0n) is 19.2. The Morgan fingerprint density at radius 1 is 1.24 bits per heavy atom. The average molecular weight is 459 g/mol. The molecular formula is C24H26N8O2. The maximum absolute atomic E-state index is 12.0. The van der Waals surface area contributed by atoms with Gasteiger partial charge in [0, 0.05) is 32.7 Å². The van der Waals surface area contributed by atoms with Crippen LogP contribution in [0.4, 0.5) is 5.82 Å². The topological polar surface area (TPSA) is 112 Å². The summed E-state index contributed by atoms with van der Waals surface area (Å²) in [6, 6.07) is 5.96. The van der Waals surface area contributed by atoms with E-state index in [-0.39, 0.29) is 5.91 Å². The summed E-state index contributed by atoms with van der Waals surface area (Å²) in [6.45, 7) is 8.69. The van der Waals surface area contributed by atoms with Crippen LogP contribution in [0.5, 0.6) is 11.6 Å². The number of hydrogen-bond donors (Lipinski definition) is 2. The van der Waals surface area contributed by atoms with Crippen LogP contribution in [0.25, 0.3) is 21.8 Å². The zero-order chi connectivity index (χ0) is 23.7. The molecule has 1 aliphatic heterocycles. The predicted octanol–water partition coefficient (Wildman–Crippen LogP) is 2.56. The number of benzene rings is 1. The number of anilines is 1. The number of H-pyrrole nitrogens is 1. The van der Waals surface area contributed by atoms with Crippen molar-refractivity contribution in [2.75, 3.05) is 38.1 Å². The summed E-state index contributed by atoms with van der Waals surface area (Å²) in [5, 5.41) is 12.0. The normalized spacial score (nSPS) is 14.1. The van der Waals surface area contributed by atoms with Crippen molar-refractivity contribution in [1.29, 1.82) is 0 Å². The Labute approximate surface area is 196 Å². The number of nitrogens with zero attached hydrogens (tertiary/aromatic N) is 6. The van der Waals surface area contributed by atoms with Gasteiger partial charge in [0.05, 0.1) is 28.2 Å². The molecule has 34 heavy (non-hydrogen) atoms. The second kappa shape index (κ2) is 9.06. The predicted molar refractivity (Wildman–Crippen MR) is 130 cm³/mol. The summed E-state index contributed by atoms with van der Waals surface area (Å²) >= 11 is 0.